The maximum atomic E-state index is 13.2. The van der Waals surface area contributed by atoms with Crippen molar-refractivity contribution in [3.63, 3.8) is 0 Å². The van der Waals surface area contributed by atoms with Crippen LogP contribution in [0.1, 0.15) is 19.5 Å². The van der Waals surface area contributed by atoms with Crippen molar-refractivity contribution >= 4 is 75.3 Å². The molecule has 0 bridgehead atoms. The predicted molar refractivity (Wildman–Crippen MR) is 145 cm³/mol. The van der Waals surface area contributed by atoms with Crippen molar-refractivity contribution in [3.8, 4) is 0 Å². The maximum absolute atomic E-state index is 13.2. The van der Waals surface area contributed by atoms with Gasteiger partial charge in [-0.25, -0.2) is 14.6 Å². The standard InChI is InChI=1S/C21H23N9O7S3/c1-21(2,18(35)36)37-28-11(9-7-39-19(23)25-9)14(31)27-12-15(32)30-13(17(33)34)8(5-38-16(12)30)6-40-20-26-10(22)3-4-29(20)24/h3-4,7,12,16,22H,5-6,24H2,1-2H3,(H5,23,25,27,31,33,34,35,36)/p+1/b28-11-. The second-order valence-electron chi connectivity index (χ2n) is 8.87. The number of nitrogens with two attached hydrogens (primary N) is 3. The molecule has 2 aromatic rings. The number of aromatic nitrogens is 3. The van der Waals surface area contributed by atoms with E-state index in [-0.39, 0.29) is 33.8 Å². The molecule has 19 heteroatoms. The smallest absolute Gasteiger partial charge is 0.384 e. The van der Waals surface area contributed by atoms with Gasteiger partial charge < -0.3 is 31.8 Å². The lowest BCUT2D eigenvalue weighted by Crippen LogP contribution is -2.71. The van der Waals surface area contributed by atoms with Crippen LogP contribution in [0.3, 0.4) is 0 Å². The van der Waals surface area contributed by atoms with Gasteiger partial charge in [-0.3, -0.25) is 20.3 Å². The average Bonchev–Trinajstić information content (AvgIpc) is 3.32. The minimum Gasteiger partial charge on any atom is -0.478 e. The van der Waals surface area contributed by atoms with Gasteiger partial charge in [-0.05, 0) is 36.2 Å². The fourth-order valence-corrected chi connectivity index (χ4v) is 6.43. The van der Waals surface area contributed by atoms with E-state index >= 15 is 0 Å². The molecule has 2 aliphatic rings. The summed E-state index contributed by atoms with van der Waals surface area (Å²) in [5.74, 6) is 2.36. The molecule has 0 spiro atoms. The third kappa shape index (κ3) is 5.75. The number of hydrogen-bond donors (Lipinski definition) is 6. The quantitative estimate of drug-likeness (QED) is 0.0352. The van der Waals surface area contributed by atoms with E-state index in [1.165, 1.54) is 47.9 Å². The Labute approximate surface area is 238 Å². The van der Waals surface area contributed by atoms with Crippen molar-refractivity contribution in [2.45, 2.75) is 36.0 Å². The van der Waals surface area contributed by atoms with Crippen molar-refractivity contribution in [3.05, 3.63) is 34.6 Å². The molecule has 1 fully saturated rings. The van der Waals surface area contributed by atoms with Crippen LogP contribution in [0.15, 0.2) is 39.2 Å². The topological polar surface area (TPSA) is 253 Å². The largest absolute Gasteiger partial charge is 0.478 e. The van der Waals surface area contributed by atoms with Gasteiger partial charge in [0.15, 0.2) is 10.8 Å². The number of nitrogens with zero attached hydrogens (tertiary/aromatic N) is 5. The summed E-state index contributed by atoms with van der Waals surface area (Å²) < 4.78 is 1.25. The van der Waals surface area contributed by atoms with E-state index in [0.717, 1.165) is 28.0 Å². The number of nitrogens with one attached hydrogen (secondary N) is 1. The van der Waals surface area contributed by atoms with Crippen LogP contribution < -0.4 is 27.3 Å². The van der Waals surface area contributed by atoms with Crippen molar-refractivity contribution in [2.24, 2.45) is 5.16 Å². The van der Waals surface area contributed by atoms with E-state index in [1.807, 2.05) is 0 Å². The first kappa shape index (κ1) is 28.9. The Morgan fingerprint density at radius 2 is 2.05 bits per heavy atom. The van der Waals surface area contributed by atoms with Crippen LogP contribution in [-0.4, -0.2) is 83.1 Å². The molecule has 0 radical (unpaired) electrons. The number of aliphatic carboxylic acids is 2. The van der Waals surface area contributed by atoms with Gasteiger partial charge in [-0.1, -0.05) is 5.16 Å². The van der Waals surface area contributed by atoms with Gasteiger partial charge in [0.05, 0.1) is 0 Å². The Balaban J connectivity index is 1.53. The van der Waals surface area contributed by atoms with Gasteiger partial charge in [0.25, 0.3) is 11.8 Å². The molecule has 2 amide bonds. The summed E-state index contributed by atoms with van der Waals surface area (Å²) >= 11 is 3.44. The average molecular weight is 611 g/mol. The number of fused-ring (bicyclic) bond motifs is 1. The number of carboxylic acids is 2. The molecule has 2 atom stereocenters. The zero-order valence-corrected chi connectivity index (χ0v) is 23.4. The second kappa shape index (κ2) is 11.2. The zero-order chi connectivity index (χ0) is 29.4. The van der Waals surface area contributed by atoms with Gasteiger partial charge >= 0.3 is 17.1 Å². The van der Waals surface area contributed by atoms with E-state index in [9.17, 15) is 29.4 Å². The van der Waals surface area contributed by atoms with Crippen molar-refractivity contribution in [2.75, 3.05) is 28.8 Å². The van der Waals surface area contributed by atoms with Crippen LogP contribution in [0.2, 0.25) is 0 Å². The van der Waals surface area contributed by atoms with Crippen LogP contribution >= 0.6 is 34.9 Å². The number of carbonyl (C=O) groups excluding carboxylic acids is 2. The van der Waals surface area contributed by atoms with E-state index in [4.69, 9.17) is 22.1 Å². The number of rotatable bonds is 10. The summed E-state index contributed by atoms with van der Waals surface area (Å²) in [6.45, 7) is 2.47. The summed E-state index contributed by atoms with van der Waals surface area (Å²) in [5, 5.41) is 26.6. The SMILES string of the molecule is CC(C)(O/N=C(\C(=O)NC1C(=O)N2C(C(=O)O)=C(CSc3nc(N)cc[n+]3N)CSC12)c1csc(N)n1)C(=O)O. The fourth-order valence-electron chi connectivity index (χ4n) is 3.49. The predicted octanol–water partition coefficient (Wildman–Crippen LogP) is -1.18. The van der Waals surface area contributed by atoms with Gasteiger partial charge in [0.1, 0.15) is 29.0 Å². The molecule has 0 aliphatic carbocycles. The third-order valence-electron chi connectivity index (χ3n) is 5.62. The highest BCUT2D eigenvalue weighted by atomic mass is 32.2. The summed E-state index contributed by atoms with van der Waals surface area (Å²) in [7, 11) is 0. The first-order valence-electron chi connectivity index (χ1n) is 11.3. The first-order chi connectivity index (χ1) is 18.8. The number of β-lactam (4-membered cyclic amide) rings is 1. The van der Waals surface area contributed by atoms with Crippen LogP contribution in [0, 0.1) is 0 Å². The van der Waals surface area contributed by atoms with Gasteiger partial charge in [-0.2, -0.15) is 0 Å². The Kier molecular flexibility index (Phi) is 8.08. The zero-order valence-electron chi connectivity index (χ0n) is 20.9. The molecule has 4 heterocycles. The van der Waals surface area contributed by atoms with Gasteiger partial charge in [-0.15, -0.1) is 27.8 Å². The highest BCUT2D eigenvalue weighted by molar-refractivity contribution is 8.01. The molecule has 212 valence electrons. The van der Waals surface area contributed by atoms with Gasteiger partial charge in [0, 0.05) is 23.0 Å². The number of thioether (sulfide) groups is 2. The van der Waals surface area contributed by atoms with Crippen molar-refractivity contribution < 1.29 is 38.9 Å². The number of nitrogen functional groups attached to an aromatic ring is 3. The van der Waals surface area contributed by atoms with Crippen LogP contribution in [-0.2, 0) is 24.0 Å². The van der Waals surface area contributed by atoms with E-state index < -0.39 is 46.5 Å². The maximum Gasteiger partial charge on any atom is 0.384 e. The Morgan fingerprint density at radius 3 is 2.67 bits per heavy atom. The molecule has 2 aliphatic heterocycles. The highest BCUT2D eigenvalue weighted by Crippen LogP contribution is 2.41. The van der Waals surface area contributed by atoms with E-state index in [0.29, 0.717) is 10.7 Å². The molecule has 40 heavy (non-hydrogen) atoms. The highest BCUT2D eigenvalue weighted by Gasteiger charge is 2.54. The number of amides is 2. The summed E-state index contributed by atoms with van der Waals surface area (Å²) in [6.07, 6.45) is 1.51. The Bertz CT molecular complexity index is 1460. The molecular weight excluding hydrogens is 586 g/mol. The number of anilines is 2. The Morgan fingerprint density at radius 1 is 1.32 bits per heavy atom. The third-order valence-corrected chi connectivity index (χ3v) is 8.69. The minimum atomic E-state index is -1.77. The molecule has 9 N–H and O–H groups in total. The molecule has 16 nitrogen and oxygen atoms in total. The number of thiazole rings is 1. The molecular formula is C21H24N9O7S3+. The van der Waals surface area contributed by atoms with Crippen molar-refractivity contribution in [1.82, 2.24) is 20.2 Å². The molecule has 0 saturated carbocycles. The minimum absolute atomic E-state index is 0.0128. The summed E-state index contributed by atoms with van der Waals surface area (Å²) in [5.41, 5.74) is 9.50. The number of oxime groups is 1. The van der Waals surface area contributed by atoms with Crippen LogP contribution in [0.4, 0.5) is 10.9 Å². The number of hydrogen-bond acceptors (Lipinski definition) is 14. The lowest BCUT2D eigenvalue weighted by molar-refractivity contribution is -0.682. The molecule has 0 aromatic carbocycles. The molecule has 2 unspecified atom stereocenters. The van der Waals surface area contributed by atoms with E-state index in [2.05, 4.69) is 20.4 Å². The van der Waals surface area contributed by atoms with Crippen LogP contribution in [0.5, 0.6) is 0 Å². The monoisotopic (exact) mass is 610 g/mol. The lowest BCUT2D eigenvalue weighted by Gasteiger charge is -2.49. The lowest BCUT2D eigenvalue weighted by atomic mass is 10.0. The van der Waals surface area contributed by atoms with E-state index in [1.54, 1.807) is 0 Å². The second-order valence-corrected chi connectivity index (χ2v) is 11.8. The van der Waals surface area contributed by atoms with Gasteiger partial charge in [0.2, 0.25) is 11.4 Å². The number of carbonyl (C=O) groups is 4. The Hall–Kier alpha value is -4.10. The van der Waals surface area contributed by atoms with Crippen LogP contribution in [0.25, 0.3) is 0 Å². The normalized spacial score (nSPS) is 19.1. The fraction of sp³-hybridized carbons (Fsp3) is 0.333. The summed E-state index contributed by atoms with van der Waals surface area (Å²) in [6, 6.07) is 0.426. The first-order valence-corrected chi connectivity index (χ1v) is 14.2. The molecule has 4 rings (SSSR count). The molecule has 2 aromatic heterocycles. The molecule has 1 saturated heterocycles. The van der Waals surface area contributed by atoms with Crippen molar-refractivity contribution in [1.29, 1.82) is 0 Å². The summed E-state index contributed by atoms with van der Waals surface area (Å²) in [4.78, 5) is 64.2. The number of carboxylic acid groups (broad SMARTS) is 2.